The molecule has 122 valence electrons. The minimum Gasteiger partial charge on any atom is -0.503 e. The molecule has 0 spiro atoms. The molecule has 0 amide bonds. The summed E-state index contributed by atoms with van der Waals surface area (Å²) in [4.78, 5) is 19.4. The van der Waals surface area contributed by atoms with Crippen LogP contribution in [0, 0.1) is 6.42 Å². The fourth-order valence-electron chi connectivity index (χ4n) is 0.174. The van der Waals surface area contributed by atoms with Gasteiger partial charge in [-0.15, -0.1) is 0 Å². The SMILES string of the molecule is CC(=O)[CH-]C(=O)O.CCCO.CCCO.CCCO.[Ti]. The van der Waals surface area contributed by atoms with Crippen molar-refractivity contribution in [2.75, 3.05) is 19.8 Å². The number of hydrogen-bond donors (Lipinski definition) is 4. The molecule has 7 heteroatoms. The summed E-state index contributed by atoms with van der Waals surface area (Å²) in [5, 5.41) is 31.4. The van der Waals surface area contributed by atoms with Crippen LogP contribution in [0.2, 0.25) is 0 Å². The summed E-state index contributed by atoms with van der Waals surface area (Å²) in [5.74, 6) is -1.62. The zero-order chi connectivity index (χ0) is 16.1. The number of carboxylic acids is 1. The molecular weight excluding hydrogens is 300 g/mol. The van der Waals surface area contributed by atoms with Gasteiger partial charge in [-0.25, -0.2) is 6.42 Å². The van der Waals surface area contributed by atoms with E-state index in [1.54, 1.807) is 0 Å². The molecule has 0 aromatic carbocycles. The zero-order valence-electron chi connectivity index (χ0n) is 12.9. The number of hydrogen-bond acceptors (Lipinski definition) is 5. The van der Waals surface area contributed by atoms with Crippen LogP contribution in [0.5, 0.6) is 0 Å². The minimum atomic E-state index is -1.19. The Hall–Kier alpha value is -0.396. The molecular formula is C13H29O6Ti-. The van der Waals surface area contributed by atoms with Crippen molar-refractivity contribution in [3.05, 3.63) is 6.42 Å². The van der Waals surface area contributed by atoms with Gasteiger partial charge in [0.05, 0.1) is 0 Å². The second-order valence-corrected chi connectivity index (χ2v) is 3.26. The summed E-state index contributed by atoms with van der Waals surface area (Å²) in [6, 6.07) is 0. The molecule has 6 nitrogen and oxygen atoms in total. The number of carbonyl (C=O) groups excluding carboxylic acids is 1. The molecule has 0 aromatic heterocycles. The van der Waals surface area contributed by atoms with Crippen LogP contribution in [0.15, 0.2) is 0 Å². The number of aliphatic hydroxyl groups is 3. The number of carbonyl (C=O) groups is 2. The van der Waals surface area contributed by atoms with E-state index in [1.165, 1.54) is 6.92 Å². The summed E-state index contributed by atoms with van der Waals surface area (Å²) < 4.78 is 0. The number of carboxylic acid groups (broad SMARTS) is 1. The second kappa shape index (κ2) is 36.3. The quantitative estimate of drug-likeness (QED) is 0.340. The Bertz CT molecular complexity index is 149. The maximum Gasteiger partial charge on any atom is 0.170 e. The predicted octanol–water partition coefficient (Wildman–Crippen LogP) is 1.03. The molecule has 20 heavy (non-hydrogen) atoms. The van der Waals surface area contributed by atoms with E-state index in [9.17, 15) is 9.59 Å². The third kappa shape index (κ3) is 111. The van der Waals surface area contributed by atoms with Gasteiger partial charge in [-0.2, -0.15) is 0 Å². The summed E-state index contributed by atoms with van der Waals surface area (Å²) in [6.45, 7) is 7.94. The van der Waals surface area contributed by atoms with Gasteiger partial charge in [-0.05, 0) is 26.2 Å². The molecule has 0 aliphatic heterocycles. The van der Waals surface area contributed by atoms with Crippen LogP contribution in [0.25, 0.3) is 0 Å². The first kappa shape index (κ1) is 31.8. The second-order valence-electron chi connectivity index (χ2n) is 3.26. The third-order valence-electron chi connectivity index (χ3n) is 0.998. The summed E-state index contributed by atoms with van der Waals surface area (Å²) in [7, 11) is 0. The van der Waals surface area contributed by atoms with E-state index in [0.717, 1.165) is 19.3 Å². The molecule has 0 unspecified atom stereocenters. The van der Waals surface area contributed by atoms with Crippen molar-refractivity contribution in [1.82, 2.24) is 0 Å². The summed E-state index contributed by atoms with van der Waals surface area (Å²) >= 11 is 0. The van der Waals surface area contributed by atoms with Gasteiger partial charge in [0.25, 0.3) is 0 Å². The first-order valence-electron chi connectivity index (χ1n) is 6.28. The standard InChI is InChI=1S/C4H5O3.3C3H8O.Ti/c1-3(5)2-4(6)7;3*1-2-3-4;/h2H,1H3,(H,6,7);3*4H,2-3H2,1H3;/q-1;;;;. The van der Waals surface area contributed by atoms with Gasteiger partial charge >= 0.3 is 0 Å². The van der Waals surface area contributed by atoms with E-state index in [0.29, 0.717) is 26.2 Å². The first-order chi connectivity index (χ1) is 8.87. The van der Waals surface area contributed by atoms with Crippen molar-refractivity contribution in [2.45, 2.75) is 47.0 Å². The largest absolute Gasteiger partial charge is 0.503 e. The van der Waals surface area contributed by atoms with Gasteiger partial charge in [-0.1, -0.05) is 20.8 Å². The van der Waals surface area contributed by atoms with E-state index in [1.807, 2.05) is 20.8 Å². The Balaban J connectivity index is -0.0000000512. The number of ketones is 1. The van der Waals surface area contributed by atoms with Gasteiger partial charge in [0, 0.05) is 47.3 Å². The van der Waals surface area contributed by atoms with Crippen molar-refractivity contribution < 1.29 is 51.7 Å². The normalized spacial score (nSPS) is 7.15. The van der Waals surface area contributed by atoms with E-state index in [2.05, 4.69) is 0 Å². The predicted molar refractivity (Wildman–Crippen MR) is 74.7 cm³/mol. The van der Waals surface area contributed by atoms with E-state index < -0.39 is 11.8 Å². The van der Waals surface area contributed by atoms with Gasteiger partial charge in [-0.3, -0.25) is 4.79 Å². The van der Waals surface area contributed by atoms with Crippen LogP contribution >= 0.6 is 0 Å². The van der Waals surface area contributed by atoms with Crippen LogP contribution in [-0.2, 0) is 31.3 Å². The van der Waals surface area contributed by atoms with Gasteiger partial charge < -0.3 is 25.2 Å². The topological polar surface area (TPSA) is 115 Å². The Morgan fingerprint density at radius 1 is 0.850 bits per heavy atom. The fraction of sp³-hybridized carbons (Fsp3) is 0.769. The number of aliphatic carboxylic acids is 1. The third-order valence-corrected chi connectivity index (χ3v) is 0.998. The van der Waals surface area contributed by atoms with Crippen LogP contribution in [0.4, 0.5) is 0 Å². The van der Waals surface area contributed by atoms with Gasteiger partial charge in [0.1, 0.15) is 0 Å². The average molecular weight is 329 g/mol. The molecule has 0 aliphatic rings. The maximum atomic E-state index is 9.82. The van der Waals surface area contributed by atoms with Crippen LogP contribution in [-0.4, -0.2) is 52.0 Å². The number of Topliss-reactive ketones (excluding diaryl/α,β-unsaturated/α-hetero) is 1. The molecule has 0 radical (unpaired) electrons. The number of rotatable bonds is 5. The molecule has 0 aromatic rings. The van der Waals surface area contributed by atoms with Crippen molar-refractivity contribution in [1.29, 1.82) is 0 Å². The molecule has 0 heterocycles. The van der Waals surface area contributed by atoms with Crippen LogP contribution in [0.1, 0.15) is 47.0 Å². The van der Waals surface area contributed by atoms with E-state index in [-0.39, 0.29) is 21.7 Å². The number of aliphatic hydroxyl groups excluding tert-OH is 3. The summed E-state index contributed by atoms with van der Waals surface area (Å²) in [6.07, 6.45) is 3.24. The molecule has 0 rings (SSSR count). The molecule has 0 aliphatic carbocycles. The van der Waals surface area contributed by atoms with E-state index in [4.69, 9.17) is 20.4 Å². The Morgan fingerprint density at radius 3 is 1.05 bits per heavy atom. The monoisotopic (exact) mass is 329 g/mol. The Labute approximate surface area is 137 Å². The van der Waals surface area contributed by atoms with Crippen molar-refractivity contribution in [3.63, 3.8) is 0 Å². The molecule has 0 bridgehead atoms. The van der Waals surface area contributed by atoms with Crippen LogP contribution in [0.3, 0.4) is 0 Å². The van der Waals surface area contributed by atoms with Gasteiger partial charge in [0.15, 0.2) is 5.97 Å². The molecule has 0 atom stereocenters. The Kier molecular flexibility index (Phi) is 57.7. The zero-order valence-corrected chi connectivity index (χ0v) is 14.5. The molecule has 0 fully saturated rings. The van der Waals surface area contributed by atoms with Crippen molar-refractivity contribution in [3.8, 4) is 0 Å². The maximum absolute atomic E-state index is 9.82. The molecule has 0 saturated heterocycles. The molecule has 0 saturated carbocycles. The Morgan fingerprint density at radius 2 is 1.05 bits per heavy atom. The van der Waals surface area contributed by atoms with Gasteiger partial charge in [0.2, 0.25) is 0 Å². The molecule has 4 N–H and O–H groups in total. The van der Waals surface area contributed by atoms with Crippen molar-refractivity contribution >= 4 is 11.8 Å². The smallest absolute Gasteiger partial charge is 0.170 e. The van der Waals surface area contributed by atoms with Crippen LogP contribution < -0.4 is 0 Å². The first-order valence-corrected chi connectivity index (χ1v) is 6.28. The fourth-order valence-corrected chi connectivity index (χ4v) is 0.174. The van der Waals surface area contributed by atoms with Crippen molar-refractivity contribution in [2.24, 2.45) is 0 Å². The average Bonchev–Trinajstić information content (AvgIpc) is 2.38. The van der Waals surface area contributed by atoms with E-state index >= 15 is 0 Å². The summed E-state index contributed by atoms with van der Waals surface area (Å²) in [5.41, 5.74) is 0. The minimum absolute atomic E-state index is 0.